The summed E-state index contributed by atoms with van der Waals surface area (Å²) in [4.78, 5) is 3.31. The van der Waals surface area contributed by atoms with Crippen molar-refractivity contribution in [3.63, 3.8) is 0 Å². The fraction of sp³-hybridized carbons (Fsp3) is 0.778. The second kappa shape index (κ2) is 5.18. The lowest BCUT2D eigenvalue weighted by Gasteiger charge is -2.21. The summed E-state index contributed by atoms with van der Waals surface area (Å²) in [6.07, 6.45) is -2.40. The zero-order valence-corrected chi connectivity index (χ0v) is 9.77. The molecule has 1 N–H and O–H groups in total. The van der Waals surface area contributed by atoms with Crippen molar-refractivity contribution >= 4 is 11.5 Å². The van der Waals surface area contributed by atoms with Crippen LogP contribution in [0.3, 0.4) is 0 Å². The van der Waals surface area contributed by atoms with E-state index < -0.39 is 12.0 Å². The average molecular weight is 267 g/mol. The van der Waals surface area contributed by atoms with Crippen molar-refractivity contribution < 1.29 is 17.9 Å². The Bertz CT molecular complexity index is 363. The summed E-state index contributed by atoms with van der Waals surface area (Å²) in [6, 6.07) is 0. The molecule has 0 amide bonds. The summed E-state index contributed by atoms with van der Waals surface area (Å²) >= 11 is 0.641. The maximum Gasteiger partial charge on any atom is 0.452 e. The number of aromatic nitrogens is 2. The number of hydrogen-bond donors (Lipinski definition) is 1. The van der Waals surface area contributed by atoms with Crippen LogP contribution in [0.5, 0.6) is 5.19 Å². The summed E-state index contributed by atoms with van der Waals surface area (Å²) in [5.74, 6) is -0.791. The van der Waals surface area contributed by atoms with Gasteiger partial charge in [0.1, 0.15) is 0 Å². The van der Waals surface area contributed by atoms with E-state index in [1.54, 1.807) is 0 Å². The molecule has 4 nitrogen and oxygen atoms in total. The minimum atomic E-state index is -4.50. The number of piperidine rings is 1. The molecule has 96 valence electrons. The van der Waals surface area contributed by atoms with Gasteiger partial charge in [0.25, 0.3) is 11.0 Å². The fourth-order valence-corrected chi connectivity index (χ4v) is 2.20. The van der Waals surface area contributed by atoms with Gasteiger partial charge in [0, 0.05) is 24.0 Å². The first-order chi connectivity index (χ1) is 8.05. The molecule has 2 rings (SSSR count). The van der Waals surface area contributed by atoms with E-state index in [1.165, 1.54) is 0 Å². The van der Waals surface area contributed by atoms with Gasteiger partial charge in [-0.2, -0.15) is 22.5 Å². The molecule has 0 saturated carbocycles. The molecule has 1 saturated heterocycles. The Morgan fingerprint density at radius 2 is 2.29 bits per heavy atom. The number of halogens is 3. The third-order valence-corrected chi connectivity index (χ3v) is 3.13. The van der Waals surface area contributed by atoms with E-state index in [0.29, 0.717) is 24.1 Å². The van der Waals surface area contributed by atoms with Crippen molar-refractivity contribution in [1.82, 2.24) is 14.7 Å². The summed E-state index contributed by atoms with van der Waals surface area (Å²) in [5.41, 5.74) is 0. The van der Waals surface area contributed by atoms with Crippen molar-refractivity contribution in [2.45, 2.75) is 19.0 Å². The molecule has 1 aliphatic heterocycles. The monoisotopic (exact) mass is 267 g/mol. The van der Waals surface area contributed by atoms with Gasteiger partial charge in [-0.15, -0.1) is 0 Å². The SMILES string of the molecule is FC(F)(F)c1nsc(OCC2CCCNC2)n1. The largest absolute Gasteiger partial charge is 0.469 e. The summed E-state index contributed by atoms with van der Waals surface area (Å²) in [6.45, 7) is 2.22. The molecule has 1 aliphatic rings. The van der Waals surface area contributed by atoms with Gasteiger partial charge in [-0.25, -0.2) is 0 Å². The Balaban J connectivity index is 1.84. The first kappa shape index (κ1) is 12.6. The first-order valence-corrected chi connectivity index (χ1v) is 6.07. The lowest BCUT2D eigenvalue weighted by Crippen LogP contribution is -2.33. The molecule has 0 aromatic carbocycles. The van der Waals surface area contributed by atoms with Crippen LogP contribution in [0, 0.1) is 5.92 Å². The van der Waals surface area contributed by atoms with Crippen LogP contribution < -0.4 is 10.1 Å². The molecular formula is C9H12F3N3OS. The summed E-state index contributed by atoms with van der Waals surface area (Å²) in [7, 11) is 0. The number of rotatable bonds is 3. The van der Waals surface area contributed by atoms with Crippen LogP contribution in [-0.4, -0.2) is 29.1 Å². The van der Waals surface area contributed by atoms with Gasteiger partial charge in [0.2, 0.25) is 0 Å². The smallest absolute Gasteiger partial charge is 0.452 e. The summed E-state index contributed by atoms with van der Waals surface area (Å²) in [5, 5.41) is 3.20. The van der Waals surface area contributed by atoms with E-state index in [2.05, 4.69) is 14.7 Å². The Morgan fingerprint density at radius 3 is 2.88 bits per heavy atom. The number of nitrogens with zero attached hydrogens (tertiary/aromatic N) is 2. The van der Waals surface area contributed by atoms with Crippen LogP contribution in [0.4, 0.5) is 13.2 Å². The number of hydrogen-bond acceptors (Lipinski definition) is 5. The molecule has 1 aromatic rings. The molecule has 0 spiro atoms. The number of ether oxygens (including phenoxy) is 1. The molecule has 1 unspecified atom stereocenters. The predicted octanol–water partition coefficient (Wildman–Crippen LogP) is 1.94. The van der Waals surface area contributed by atoms with E-state index in [9.17, 15) is 13.2 Å². The molecule has 1 fully saturated rings. The Labute approximate surface area is 100 Å². The van der Waals surface area contributed by atoms with Crippen molar-refractivity contribution in [2.24, 2.45) is 5.92 Å². The maximum absolute atomic E-state index is 12.2. The van der Waals surface area contributed by atoms with Crippen molar-refractivity contribution in [2.75, 3.05) is 19.7 Å². The van der Waals surface area contributed by atoms with E-state index >= 15 is 0 Å². The molecule has 0 aliphatic carbocycles. The molecular weight excluding hydrogens is 255 g/mol. The average Bonchev–Trinajstić information content (AvgIpc) is 2.76. The van der Waals surface area contributed by atoms with Crippen LogP contribution in [0.1, 0.15) is 18.7 Å². The molecule has 0 bridgehead atoms. The second-order valence-electron chi connectivity index (χ2n) is 3.91. The lowest BCUT2D eigenvalue weighted by molar-refractivity contribution is -0.144. The molecule has 8 heteroatoms. The normalized spacial score (nSPS) is 21.5. The fourth-order valence-electron chi connectivity index (χ4n) is 1.64. The predicted molar refractivity (Wildman–Crippen MR) is 56.0 cm³/mol. The molecule has 17 heavy (non-hydrogen) atoms. The van der Waals surface area contributed by atoms with E-state index in [0.717, 1.165) is 25.9 Å². The first-order valence-electron chi connectivity index (χ1n) is 5.30. The lowest BCUT2D eigenvalue weighted by atomic mass is 10.0. The highest BCUT2D eigenvalue weighted by Gasteiger charge is 2.36. The van der Waals surface area contributed by atoms with E-state index in [-0.39, 0.29) is 5.19 Å². The van der Waals surface area contributed by atoms with Gasteiger partial charge in [-0.1, -0.05) is 0 Å². The van der Waals surface area contributed by atoms with Crippen LogP contribution in [0.25, 0.3) is 0 Å². The zero-order chi connectivity index (χ0) is 12.3. The number of alkyl halides is 3. The minimum Gasteiger partial charge on any atom is -0.469 e. The Kier molecular flexibility index (Phi) is 3.82. The Hall–Kier alpha value is -0.890. The molecule has 1 atom stereocenters. The Morgan fingerprint density at radius 1 is 1.47 bits per heavy atom. The third kappa shape index (κ3) is 3.53. The van der Waals surface area contributed by atoms with Gasteiger partial charge in [0.15, 0.2) is 0 Å². The zero-order valence-electron chi connectivity index (χ0n) is 8.96. The van der Waals surface area contributed by atoms with Crippen LogP contribution in [0.2, 0.25) is 0 Å². The topological polar surface area (TPSA) is 47.0 Å². The van der Waals surface area contributed by atoms with Gasteiger partial charge in [-0.3, -0.25) is 0 Å². The van der Waals surface area contributed by atoms with Gasteiger partial charge in [-0.05, 0) is 19.4 Å². The standard InChI is InChI=1S/C9H12F3N3OS/c10-9(11,12)7-14-8(17-15-7)16-5-6-2-1-3-13-4-6/h6,13H,1-5H2. The van der Waals surface area contributed by atoms with Crippen molar-refractivity contribution in [3.8, 4) is 5.19 Å². The van der Waals surface area contributed by atoms with Gasteiger partial charge in [0.05, 0.1) is 6.61 Å². The second-order valence-corrected chi connectivity index (χ2v) is 4.62. The third-order valence-electron chi connectivity index (χ3n) is 2.50. The van der Waals surface area contributed by atoms with Gasteiger partial charge >= 0.3 is 6.18 Å². The van der Waals surface area contributed by atoms with Crippen LogP contribution in [-0.2, 0) is 6.18 Å². The van der Waals surface area contributed by atoms with Gasteiger partial charge < -0.3 is 10.1 Å². The molecule has 0 radical (unpaired) electrons. The molecule has 1 aromatic heterocycles. The molecule has 2 heterocycles. The van der Waals surface area contributed by atoms with Crippen LogP contribution >= 0.6 is 11.5 Å². The highest BCUT2D eigenvalue weighted by Crippen LogP contribution is 2.29. The minimum absolute atomic E-state index is 0.0112. The number of nitrogens with one attached hydrogen (secondary N) is 1. The maximum atomic E-state index is 12.2. The quantitative estimate of drug-likeness (QED) is 0.909. The van der Waals surface area contributed by atoms with E-state index in [4.69, 9.17) is 4.74 Å². The van der Waals surface area contributed by atoms with E-state index in [1.807, 2.05) is 0 Å². The highest BCUT2D eigenvalue weighted by atomic mass is 32.1. The van der Waals surface area contributed by atoms with Crippen LogP contribution in [0.15, 0.2) is 0 Å². The highest BCUT2D eigenvalue weighted by molar-refractivity contribution is 7.07. The van der Waals surface area contributed by atoms with Crippen molar-refractivity contribution in [3.05, 3.63) is 5.82 Å². The van der Waals surface area contributed by atoms with Crippen molar-refractivity contribution in [1.29, 1.82) is 0 Å². The summed E-state index contributed by atoms with van der Waals surface area (Å²) < 4.78 is 45.1.